The zero-order chi connectivity index (χ0) is 8.97. The van der Waals surface area contributed by atoms with Crippen molar-refractivity contribution >= 4 is 15.1 Å². The van der Waals surface area contributed by atoms with E-state index in [1.54, 1.807) is 0 Å². The highest BCUT2D eigenvalue weighted by molar-refractivity contribution is 7.14. The first-order valence-corrected chi connectivity index (χ1v) is 4.60. The molecule has 0 bridgehead atoms. The van der Waals surface area contributed by atoms with Crippen LogP contribution in [0.15, 0.2) is 30.8 Å². The number of rotatable bonds is 3. The molecule has 0 aliphatic rings. The van der Waals surface area contributed by atoms with Gasteiger partial charge in [-0.25, -0.2) is 0 Å². The van der Waals surface area contributed by atoms with Crippen LogP contribution in [0, 0.1) is 0 Å². The minimum absolute atomic E-state index is 0.933. The van der Waals surface area contributed by atoms with Crippen LogP contribution in [-0.2, 0) is 6.42 Å². The molecule has 0 spiro atoms. The zero-order valence-corrected chi connectivity index (χ0v) is 8.46. The Labute approximate surface area is 76.1 Å². The molecule has 1 aromatic carbocycles. The molecule has 0 saturated heterocycles. The van der Waals surface area contributed by atoms with E-state index in [1.165, 1.54) is 5.56 Å². The normalized spacial score (nSPS) is 9.50. The average Bonchev–Trinajstić information content (AvgIpc) is 2.17. The summed E-state index contributed by atoms with van der Waals surface area (Å²) in [7, 11) is 2.44. The summed E-state index contributed by atoms with van der Waals surface area (Å²) in [6, 6.07) is 8.42. The topological polar surface area (TPSA) is 12.0 Å². The van der Waals surface area contributed by atoms with Crippen LogP contribution in [0.4, 0.5) is 0 Å². The van der Waals surface area contributed by atoms with Gasteiger partial charge < -0.3 is 5.09 Å². The number of hydrogen-bond donors (Lipinski definition) is 1. The molecule has 1 nitrogen and oxygen atoms in total. The SMILES string of the molecule is C=C(NP)c1ccc(CC)cc1. The van der Waals surface area contributed by atoms with Crippen molar-refractivity contribution in [2.75, 3.05) is 0 Å². The minimum Gasteiger partial charge on any atom is -0.369 e. The first-order chi connectivity index (χ1) is 5.77. The van der Waals surface area contributed by atoms with E-state index in [4.69, 9.17) is 0 Å². The third kappa shape index (κ3) is 2.09. The molecule has 0 heterocycles. The summed E-state index contributed by atoms with van der Waals surface area (Å²) in [5, 5.41) is 2.94. The van der Waals surface area contributed by atoms with Gasteiger partial charge in [0.15, 0.2) is 0 Å². The Hall–Kier alpha value is -0.810. The molecule has 0 aromatic heterocycles. The highest BCUT2D eigenvalue weighted by Gasteiger charge is 1.94. The molecule has 1 unspecified atom stereocenters. The Bertz CT molecular complexity index is 264. The molecule has 0 aliphatic carbocycles. The average molecular weight is 179 g/mol. The van der Waals surface area contributed by atoms with E-state index < -0.39 is 0 Å². The van der Waals surface area contributed by atoms with Gasteiger partial charge in [0, 0.05) is 5.70 Å². The van der Waals surface area contributed by atoms with E-state index >= 15 is 0 Å². The van der Waals surface area contributed by atoms with Crippen LogP contribution in [0.1, 0.15) is 18.1 Å². The lowest BCUT2D eigenvalue weighted by atomic mass is 10.1. The third-order valence-electron chi connectivity index (χ3n) is 1.88. The van der Waals surface area contributed by atoms with E-state index in [1.807, 2.05) is 0 Å². The summed E-state index contributed by atoms with van der Waals surface area (Å²) in [5.74, 6) is 0. The molecule has 1 rings (SSSR count). The van der Waals surface area contributed by atoms with Gasteiger partial charge in [-0.3, -0.25) is 0 Å². The first kappa shape index (κ1) is 9.28. The third-order valence-corrected chi connectivity index (χ3v) is 2.23. The fraction of sp³-hybridized carbons (Fsp3) is 0.200. The van der Waals surface area contributed by atoms with Crippen molar-refractivity contribution in [2.45, 2.75) is 13.3 Å². The van der Waals surface area contributed by atoms with Gasteiger partial charge in [-0.2, -0.15) is 0 Å². The number of hydrogen-bond acceptors (Lipinski definition) is 1. The zero-order valence-electron chi connectivity index (χ0n) is 7.30. The largest absolute Gasteiger partial charge is 0.369 e. The van der Waals surface area contributed by atoms with Crippen molar-refractivity contribution < 1.29 is 0 Å². The molecule has 1 atom stereocenters. The van der Waals surface area contributed by atoms with Crippen LogP contribution in [0.25, 0.3) is 5.70 Å². The first-order valence-electron chi connectivity index (χ1n) is 4.02. The van der Waals surface area contributed by atoms with Gasteiger partial charge in [-0.05, 0) is 26.9 Å². The van der Waals surface area contributed by atoms with Crippen LogP contribution in [0.2, 0.25) is 0 Å². The maximum absolute atomic E-state index is 3.87. The van der Waals surface area contributed by atoms with Gasteiger partial charge in [0.25, 0.3) is 0 Å². The van der Waals surface area contributed by atoms with Crippen molar-refractivity contribution in [3.05, 3.63) is 42.0 Å². The van der Waals surface area contributed by atoms with Crippen LogP contribution in [-0.4, -0.2) is 0 Å². The van der Waals surface area contributed by atoms with Gasteiger partial charge >= 0.3 is 0 Å². The maximum atomic E-state index is 3.87. The Kier molecular flexibility index (Phi) is 3.31. The van der Waals surface area contributed by atoms with Crippen molar-refractivity contribution in [1.29, 1.82) is 0 Å². The Morgan fingerprint density at radius 1 is 1.42 bits per heavy atom. The van der Waals surface area contributed by atoms with Crippen LogP contribution < -0.4 is 5.09 Å². The predicted molar refractivity (Wildman–Crippen MR) is 57.7 cm³/mol. The lowest BCUT2D eigenvalue weighted by Crippen LogP contribution is -1.94. The Balaban J connectivity index is 2.84. The van der Waals surface area contributed by atoms with Crippen LogP contribution >= 0.6 is 9.39 Å². The van der Waals surface area contributed by atoms with E-state index in [2.05, 4.69) is 52.2 Å². The summed E-state index contributed by atoms with van der Waals surface area (Å²) >= 11 is 0. The molecule has 0 saturated carbocycles. The second-order valence-corrected chi connectivity index (χ2v) is 2.96. The van der Waals surface area contributed by atoms with E-state index in [-0.39, 0.29) is 0 Å². The van der Waals surface area contributed by atoms with E-state index in [9.17, 15) is 0 Å². The molecule has 0 fully saturated rings. The molecule has 0 amide bonds. The van der Waals surface area contributed by atoms with Crippen molar-refractivity contribution in [2.24, 2.45) is 0 Å². The fourth-order valence-electron chi connectivity index (χ4n) is 1.02. The highest BCUT2D eigenvalue weighted by Crippen LogP contribution is 2.11. The molecular weight excluding hydrogens is 165 g/mol. The van der Waals surface area contributed by atoms with Gasteiger partial charge in [0.1, 0.15) is 0 Å². The van der Waals surface area contributed by atoms with Crippen molar-refractivity contribution in [3.63, 3.8) is 0 Å². The van der Waals surface area contributed by atoms with Crippen LogP contribution in [0.3, 0.4) is 0 Å². The van der Waals surface area contributed by atoms with Gasteiger partial charge in [-0.1, -0.05) is 37.8 Å². The Morgan fingerprint density at radius 2 is 2.00 bits per heavy atom. The summed E-state index contributed by atoms with van der Waals surface area (Å²) in [6.07, 6.45) is 1.08. The maximum Gasteiger partial charge on any atom is 0.0369 e. The second-order valence-electron chi connectivity index (χ2n) is 2.67. The standard InChI is InChI=1S/C10H14NP/c1-3-9-4-6-10(7-5-9)8(2)11-12/h4-7,11H,2-3,12H2,1H3. The van der Waals surface area contributed by atoms with Gasteiger partial charge in [0.05, 0.1) is 0 Å². The van der Waals surface area contributed by atoms with E-state index in [0.717, 1.165) is 17.7 Å². The minimum atomic E-state index is 0.933. The summed E-state index contributed by atoms with van der Waals surface area (Å²) in [5.41, 5.74) is 3.43. The fourth-order valence-corrected chi connectivity index (χ4v) is 1.19. The second kappa shape index (κ2) is 4.27. The molecule has 1 N–H and O–H groups in total. The molecule has 1 aromatic rings. The van der Waals surface area contributed by atoms with Crippen LogP contribution in [0.5, 0.6) is 0 Å². The predicted octanol–water partition coefficient (Wildman–Crippen LogP) is 2.60. The quantitative estimate of drug-likeness (QED) is 0.703. The van der Waals surface area contributed by atoms with Gasteiger partial charge in [-0.15, -0.1) is 0 Å². The molecular formula is C10H14NP. The lowest BCUT2D eigenvalue weighted by molar-refractivity contribution is 1.14. The van der Waals surface area contributed by atoms with Crippen molar-refractivity contribution in [3.8, 4) is 0 Å². The van der Waals surface area contributed by atoms with Crippen molar-refractivity contribution in [1.82, 2.24) is 5.09 Å². The molecule has 0 aliphatic heterocycles. The van der Waals surface area contributed by atoms with E-state index in [0.29, 0.717) is 0 Å². The molecule has 0 radical (unpaired) electrons. The Morgan fingerprint density at radius 3 is 2.42 bits per heavy atom. The number of aryl methyl sites for hydroxylation is 1. The highest BCUT2D eigenvalue weighted by atomic mass is 31.0. The van der Waals surface area contributed by atoms with Gasteiger partial charge in [0.2, 0.25) is 0 Å². The molecule has 2 heteroatoms. The summed E-state index contributed by atoms with van der Waals surface area (Å²) < 4.78 is 0. The monoisotopic (exact) mass is 179 g/mol. The lowest BCUT2D eigenvalue weighted by Gasteiger charge is -2.04. The smallest absolute Gasteiger partial charge is 0.0369 e. The molecule has 64 valence electrons. The number of benzene rings is 1. The summed E-state index contributed by atoms with van der Waals surface area (Å²) in [6.45, 7) is 6.02. The summed E-state index contributed by atoms with van der Waals surface area (Å²) in [4.78, 5) is 0. The molecule has 12 heavy (non-hydrogen) atoms. The number of nitrogens with one attached hydrogen (secondary N) is 1.